The second-order valence-corrected chi connectivity index (χ2v) is 8.23. The minimum Gasteiger partial charge on any atom is -0.476 e. The normalized spacial score (nSPS) is 19.0. The van der Waals surface area contributed by atoms with Crippen LogP contribution in [0.1, 0.15) is 50.0 Å². The minimum atomic E-state index is -1.000. The molecule has 1 saturated heterocycles. The predicted molar refractivity (Wildman–Crippen MR) is 96.9 cm³/mol. The molecule has 2 atom stereocenters. The molecule has 134 valence electrons. The zero-order valence-electron chi connectivity index (χ0n) is 14.2. The van der Waals surface area contributed by atoms with Crippen LogP contribution in [0.5, 0.6) is 0 Å². The van der Waals surface area contributed by atoms with Gasteiger partial charge >= 0.3 is 5.97 Å². The van der Waals surface area contributed by atoms with Crippen molar-refractivity contribution in [3.8, 4) is 0 Å². The van der Waals surface area contributed by atoms with Crippen LogP contribution in [0.25, 0.3) is 0 Å². The molecule has 6 nitrogen and oxygen atoms in total. The van der Waals surface area contributed by atoms with Gasteiger partial charge in [-0.3, -0.25) is 4.79 Å². The number of aromatic carboxylic acids is 1. The summed E-state index contributed by atoms with van der Waals surface area (Å²) in [6.07, 6.45) is 3.84. The van der Waals surface area contributed by atoms with Crippen LogP contribution in [0.4, 0.5) is 0 Å². The maximum atomic E-state index is 12.1. The first-order valence-corrected chi connectivity index (χ1v) is 10.2. The smallest absolute Gasteiger partial charge is 0.355 e. The van der Waals surface area contributed by atoms with Crippen molar-refractivity contribution in [2.75, 3.05) is 18.8 Å². The Morgan fingerprint density at radius 1 is 1.62 bits per heavy atom. The lowest BCUT2D eigenvalue weighted by atomic mass is 10.1. The molecule has 1 aliphatic rings. The highest BCUT2D eigenvalue weighted by Crippen LogP contribution is 2.24. The highest BCUT2D eigenvalue weighted by atomic mass is 32.2. The zero-order valence-corrected chi connectivity index (χ0v) is 15.8. The van der Waals surface area contributed by atoms with Gasteiger partial charge in [0.25, 0.3) is 0 Å². The van der Waals surface area contributed by atoms with Crippen molar-refractivity contribution in [1.82, 2.24) is 15.2 Å². The Labute approximate surface area is 151 Å². The molecular weight excluding hydrogens is 346 g/mol. The average Bonchev–Trinajstić information content (AvgIpc) is 3.14. The van der Waals surface area contributed by atoms with Crippen molar-refractivity contribution in [3.63, 3.8) is 0 Å². The Kier molecular flexibility index (Phi) is 7.51. The third-order valence-corrected chi connectivity index (χ3v) is 6.14. The van der Waals surface area contributed by atoms with E-state index in [0.717, 1.165) is 35.9 Å². The quantitative estimate of drug-likeness (QED) is 0.616. The summed E-state index contributed by atoms with van der Waals surface area (Å²) in [5.41, 5.74) is 0.0896. The number of thiazole rings is 1. The molecule has 0 spiro atoms. The summed E-state index contributed by atoms with van der Waals surface area (Å²) < 4.78 is 0.741. The number of carbonyl (C=O) groups is 2. The largest absolute Gasteiger partial charge is 0.476 e. The van der Waals surface area contributed by atoms with Gasteiger partial charge in [0, 0.05) is 42.7 Å². The number of aromatic nitrogens is 1. The van der Waals surface area contributed by atoms with Crippen molar-refractivity contribution in [3.05, 3.63) is 11.1 Å². The van der Waals surface area contributed by atoms with E-state index >= 15 is 0 Å². The van der Waals surface area contributed by atoms with Gasteiger partial charge in [-0.15, -0.1) is 11.3 Å². The molecule has 0 bridgehead atoms. The molecule has 2 N–H and O–H groups in total. The van der Waals surface area contributed by atoms with Crippen molar-refractivity contribution in [1.29, 1.82) is 0 Å². The first-order chi connectivity index (χ1) is 11.5. The van der Waals surface area contributed by atoms with E-state index in [-0.39, 0.29) is 17.6 Å². The lowest BCUT2D eigenvalue weighted by molar-refractivity contribution is -0.128. The van der Waals surface area contributed by atoms with Gasteiger partial charge in [0.15, 0.2) is 10.0 Å². The van der Waals surface area contributed by atoms with E-state index in [1.807, 2.05) is 4.90 Å². The van der Waals surface area contributed by atoms with Gasteiger partial charge in [-0.2, -0.15) is 0 Å². The number of carbonyl (C=O) groups excluding carboxylic acids is 1. The monoisotopic (exact) mass is 371 g/mol. The number of amides is 1. The summed E-state index contributed by atoms with van der Waals surface area (Å²) in [6.45, 7) is 5.89. The second kappa shape index (κ2) is 9.39. The maximum absolute atomic E-state index is 12.1. The van der Waals surface area contributed by atoms with E-state index < -0.39 is 5.97 Å². The summed E-state index contributed by atoms with van der Waals surface area (Å²) in [4.78, 5) is 28.9. The standard InChI is InChI=1S/C16H25N3O3S2/c1-3-4-11(2)17-9-12-5-6-14(20)19(12)7-8-23-16-18-13(10-24-16)15(21)22/h10-12,17H,3-9H2,1-2H3,(H,21,22). The topological polar surface area (TPSA) is 82.5 Å². The lowest BCUT2D eigenvalue weighted by Crippen LogP contribution is -2.43. The molecule has 8 heteroatoms. The van der Waals surface area contributed by atoms with E-state index in [1.165, 1.54) is 23.1 Å². The number of thioether (sulfide) groups is 1. The Morgan fingerprint density at radius 2 is 2.42 bits per heavy atom. The van der Waals surface area contributed by atoms with Gasteiger partial charge in [0.05, 0.1) is 0 Å². The van der Waals surface area contributed by atoms with Crippen LogP contribution in [-0.2, 0) is 4.79 Å². The van der Waals surface area contributed by atoms with Crippen LogP contribution in [0.3, 0.4) is 0 Å². The van der Waals surface area contributed by atoms with Crippen molar-refractivity contribution in [2.24, 2.45) is 0 Å². The summed E-state index contributed by atoms with van der Waals surface area (Å²) in [5, 5.41) is 14.0. The van der Waals surface area contributed by atoms with E-state index in [9.17, 15) is 9.59 Å². The average molecular weight is 372 g/mol. The number of carboxylic acid groups (broad SMARTS) is 1. The summed E-state index contributed by atoms with van der Waals surface area (Å²) in [5.74, 6) is -0.0460. The second-order valence-electron chi connectivity index (χ2n) is 6.03. The highest BCUT2D eigenvalue weighted by Gasteiger charge is 2.30. The van der Waals surface area contributed by atoms with E-state index in [4.69, 9.17) is 5.11 Å². The van der Waals surface area contributed by atoms with Gasteiger partial charge in [-0.25, -0.2) is 9.78 Å². The number of nitrogens with one attached hydrogen (secondary N) is 1. The fourth-order valence-electron chi connectivity index (χ4n) is 2.84. The van der Waals surface area contributed by atoms with Crippen LogP contribution in [0.2, 0.25) is 0 Å². The molecule has 1 aliphatic heterocycles. The third-order valence-electron chi connectivity index (χ3n) is 4.14. The van der Waals surface area contributed by atoms with Gasteiger partial charge in [-0.05, 0) is 19.8 Å². The number of hydrogen-bond acceptors (Lipinski definition) is 6. The Bertz CT molecular complexity index is 565. The maximum Gasteiger partial charge on any atom is 0.355 e. The number of hydrogen-bond donors (Lipinski definition) is 2. The van der Waals surface area contributed by atoms with Crippen LogP contribution in [-0.4, -0.2) is 57.8 Å². The summed E-state index contributed by atoms with van der Waals surface area (Å²) in [7, 11) is 0. The number of carboxylic acids is 1. The van der Waals surface area contributed by atoms with E-state index in [0.29, 0.717) is 19.0 Å². The van der Waals surface area contributed by atoms with Gasteiger partial charge in [-0.1, -0.05) is 25.1 Å². The van der Waals surface area contributed by atoms with Crippen LogP contribution >= 0.6 is 23.1 Å². The molecular formula is C16H25N3O3S2. The van der Waals surface area contributed by atoms with Crippen LogP contribution in [0, 0.1) is 0 Å². The molecule has 2 unspecified atom stereocenters. The van der Waals surface area contributed by atoms with Crippen LogP contribution in [0.15, 0.2) is 9.72 Å². The first kappa shape index (κ1) is 19.2. The van der Waals surface area contributed by atoms with Crippen LogP contribution < -0.4 is 5.32 Å². The summed E-state index contributed by atoms with van der Waals surface area (Å²) >= 11 is 2.85. The van der Waals surface area contributed by atoms with E-state index in [2.05, 4.69) is 24.1 Å². The minimum absolute atomic E-state index is 0.0896. The predicted octanol–water partition coefficient (Wildman–Crippen LogP) is 2.70. The molecule has 2 heterocycles. The fraction of sp³-hybridized carbons (Fsp3) is 0.688. The SMILES string of the molecule is CCCC(C)NCC1CCC(=O)N1CCSc1nc(C(=O)O)cs1. The van der Waals surface area contributed by atoms with Gasteiger partial charge < -0.3 is 15.3 Å². The Hall–Kier alpha value is -1.12. The molecule has 0 radical (unpaired) electrons. The number of likely N-dealkylation sites (tertiary alicyclic amines) is 1. The van der Waals surface area contributed by atoms with Crippen molar-refractivity contribution >= 4 is 35.0 Å². The molecule has 0 saturated carbocycles. The molecule has 1 aromatic heterocycles. The molecule has 0 aliphatic carbocycles. The van der Waals surface area contributed by atoms with Crippen molar-refractivity contribution in [2.45, 2.75) is 56.0 Å². The molecule has 24 heavy (non-hydrogen) atoms. The summed E-state index contributed by atoms with van der Waals surface area (Å²) in [6, 6.07) is 0.745. The molecule has 2 rings (SSSR count). The number of nitrogens with zero attached hydrogens (tertiary/aromatic N) is 2. The molecule has 1 amide bonds. The van der Waals surface area contributed by atoms with Gasteiger partial charge in [0.1, 0.15) is 0 Å². The Morgan fingerprint density at radius 3 is 3.08 bits per heavy atom. The van der Waals surface area contributed by atoms with Crippen molar-refractivity contribution < 1.29 is 14.7 Å². The number of rotatable bonds is 10. The zero-order chi connectivity index (χ0) is 17.5. The highest BCUT2D eigenvalue weighted by molar-refractivity contribution is 8.01. The first-order valence-electron chi connectivity index (χ1n) is 8.35. The van der Waals surface area contributed by atoms with Gasteiger partial charge in [0.2, 0.25) is 5.91 Å². The third kappa shape index (κ3) is 5.46. The molecule has 1 fully saturated rings. The fourth-order valence-corrected chi connectivity index (χ4v) is 4.65. The molecule has 0 aromatic carbocycles. The van der Waals surface area contributed by atoms with E-state index in [1.54, 1.807) is 5.38 Å². The Balaban J connectivity index is 1.78. The molecule has 1 aromatic rings. The lowest BCUT2D eigenvalue weighted by Gasteiger charge is -2.26.